The van der Waals surface area contributed by atoms with E-state index in [-0.39, 0.29) is 0 Å². The smallest absolute Gasteiger partial charge is 0.182 e. The Kier molecular flexibility index (Phi) is 3.02. The lowest BCUT2D eigenvalue weighted by Crippen LogP contribution is -1.90. The van der Waals surface area contributed by atoms with Crippen molar-refractivity contribution in [2.75, 3.05) is 14.2 Å². The highest BCUT2D eigenvalue weighted by molar-refractivity contribution is 5.63. The normalized spacial score (nSPS) is 10.8. The molecule has 20 heavy (non-hydrogen) atoms. The second-order valence-corrected chi connectivity index (χ2v) is 4.50. The van der Waals surface area contributed by atoms with E-state index in [2.05, 4.69) is 10.1 Å². The van der Waals surface area contributed by atoms with E-state index in [1.54, 1.807) is 18.7 Å². The predicted molar refractivity (Wildman–Crippen MR) is 76.3 cm³/mol. The molecule has 102 valence electrons. The SMILES string of the molecule is COc1cc(OC)cc(-c2nc3c(C)cccn3n2)c1. The molecule has 3 rings (SSSR count). The number of nitrogens with zero attached hydrogens (tertiary/aromatic N) is 3. The van der Waals surface area contributed by atoms with Gasteiger partial charge in [-0.15, -0.1) is 5.10 Å². The fourth-order valence-corrected chi connectivity index (χ4v) is 2.10. The van der Waals surface area contributed by atoms with Gasteiger partial charge in [-0.3, -0.25) is 0 Å². The van der Waals surface area contributed by atoms with Gasteiger partial charge >= 0.3 is 0 Å². The fourth-order valence-electron chi connectivity index (χ4n) is 2.10. The number of hydrogen-bond acceptors (Lipinski definition) is 4. The van der Waals surface area contributed by atoms with Crippen LogP contribution in [0.15, 0.2) is 36.5 Å². The van der Waals surface area contributed by atoms with E-state index in [0.717, 1.165) is 28.3 Å². The van der Waals surface area contributed by atoms with Crippen molar-refractivity contribution in [2.24, 2.45) is 0 Å². The van der Waals surface area contributed by atoms with E-state index in [1.807, 2.05) is 43.5 Å². The number of pyridine rings is 1. The number of aryl methyl sites for hydroxylation is 1. The summed E-state index contributed by atoms with van der Waals surface area (Å²) >= 11 is 0. The summed E-state index contributed by atoms with van der Waals surface area (Å²) in [6, 6.07) is 9.58. The molecular weight excluding hydrogens is 254 g/mol. The highest BCUT2D eigenvalue weighted by atomic mass is 16.5. The molecule has 0 saturated heterocycles. The van der Waals surface area contributed by atoms with E-state index < -0.39 is 0 Å². The Labute approximate surface area is 116 Å². The van der Waals surface area contributed by atoms with Crippen molar-refractivity contribution in [2.45, 2.75) is 6.92 Å². The molecule has 5 nitrogen and oxygen atoms in total. The van der Waals surface area contributed by atoms with E-state index in [9.17, 15) is 0 Å². The van der Waals surface area contributed by atoms with Crippen LogP contribution in [0, 0.1) is 6.92 Å². The van der Waals surface area contributed by atoms with Crippen molar-refractivity contribution in [3.63, 3.8) is 0 Å². The number of benzene rings is 1. The van der Waals surface area contributed by atoms with E-state index in [0.29, 0.717) is 5.82 Å². The molecule has 0 saturated carbocycles. The molecule has 0 N–H and O–H groups in total. The van der Waals surface area contributed by atoms with Crippen LogP contribution >= 0.6 is 0 Å². The Hall–Kier alpha value is -2.56. The van der Waals surface area contributed by atoms with Gasteiger partial charge in [0.15, 0.2) is 11.5 Å². The largest absolute Gasteiger partial charge is 0.497 e. The summed E-state index contributed by atoms with van der Waals surface area (Å²) < 4.78 is 12.3. The van der Waals surface area contributed by atoms with Crippen LogP contribution in [0.25, 0.3) is 17.0 Å². The Balaban J connectivity index is 2.17. The molecule has 2 heterocycles. The first kappa shape index (κ1) is 12.5. The van der Waals surface area contributed by atoms with Gasteiger partial charge in [-0.2, -0.15) is 0 Å². The highest BCUT2D eigenvalue weighted by Crippen LogP contribution is 2.28. The van der Waals surface area contributed by atoms with Gasteiger partial charge in [0.05, 0.1) is 14.2 Å². The molecule has 0 atom stereocenters. The molecule has 0 fully saturated rings. The minimum absolute atomic E-state index is 0.650. The molecule has 0 aliphatic rings. The molecule has 1 aromatic carbocycles. The number of rotatable bonds is 3. The number of fused-ring (bicyclic) bond motifs is 1. The van der Waals surface area contributed by atoms with Crippen molar-refractivity contribution in [3.05, 3.63) is 42.1 Å². The Morgan fingerprint density at radius 3 is 2.35 bits per heavy atom. The zero-order chi connectivity index (χ0) is 14.1. The van der Waals surface area contributed by atoms with Crippen molar-refractivity contribution in [3.8, 4) is 22.9 Å². The summed E-state index contributed by atoms with van der Waals surface area (Å²) in [5, 5.41) is 4.49. The third-order valence-corrected chi connectivity index (χ3v) is 3.17. The van der Waals surface area contributed by atoms with Crippen LogP contribution in [0.2, 0.25) is 0 Å². The molecule has 0 unspecified atom stereocenters. The Morgan fingerprint density at radius 1 is 1.05 bits per heavy atom. The Bertz CT molecular complexity index is 743. The van der Waals surface area contributed by atoms with Crippen LogP contribution < -0.4 is 9.47 Å². The second-order valence-electron chi connectivity index (χ2n) is 4.50. The highest BCUT2D eigenvalue weighted by Gasteiger charge is 2.10. The number of ether oxygens (including phenoxy) is 2. The molecule has 0 bridgehead atoms. The molecule has 0 aliphatic carbocycles. The predicted octanol–water partition coefficient (Wildman–Crippen LogP) is 2.72. The van der Waals surface area contributed by atoms with Gasteiger partial charge in [0.1, 0.15) is 11.5 Å². The first-order valence-electron chi connectivity index (χ1n) is 6.26. The van der Waals surface area contributed by atoms with Gasteiger partial charge in [-0.05, 0) is 30.7 Å². The fraction of sp³-hybridized carbons (Fsp3) is 0.200. The maximum Gasteiger partial charge on any atom is 0.182 e. The summed E-state index contributed by atoms with van der Waals surface area (Å²) in [6.07, 6.45) is 1.89. The third-order valence-electron chi connectivity index (χ3n) is 3.17. The average Bonchev–Trinajstić information content (AvgIpc) is 2.92. The van der Waals surface area contributed by atoms with Crippen molar-refractivity contribution >= 4 is 5.65 Å². The van der Waals surface area contributed by atoms with Gasteiger partial charge in [-0.1, -0.05) is 6.07 Å². The number of hydrogen-bond donors (Lipinski definition) is 0. The van der Waals surface area contributed by atoms with Gasteiger partial charge in [0, 0.05) is 17.8 Å². The Morgan fingerprint density at radius 2 is 1.75 bits per heavy atom. The molecule has 2 aromatic heterocycles. The maximum atomic E-state index is 5.27. The number of aromatic nitrogens is 3. The van der Waals surface area contributed by atoms with Crippen LogP contribution in [0.5, 0.6) is 11.5 Å². The first-order valence-corrected chi connectivity index (χ1v) is 6.26. The zero-order valence-corrected chi connectivity index (χ0v) is 11.6. The molecule has 5 heteroatoms. The molecule has 3 aromatic rings. The summed E-state index contributed by atoms with van der Waals surface area (Å²) in [7, 11) is 3.25. The monoisotopic (exact) mass is 269 g/mol. The summed E-state index contributed by atoms with van der Waals surface area (Å²) in [5.74, 6) is 2.08. The molecular formula is C15H15N3O2. The quantitative estimate of drug-likeness (QED) is 0.733. The lowest BCUT2D eigenvalue weighted by molar-refractivity contribution is 0.394. The molecule has 0 spiro atoms. The van der Waals surface area contributed by atoms with E-state index in [1.165, 1.54) is 0 Å². The molecule has 0 amide bonds. The standard InChI is InChI=1S/C15H15N3O2/c1-10-5-4-6-18-15(10)16-14(17-18)11-7-12(19-2)9-13(8-11)20-3/h4-9H,1-3H3. The summed E-state index contributed by atoms with van der Waals surface area (Å²) in [5.41, 5.74) is 2.80. The van der Waals surface area contributed by atoms with Gasteiger partial charge in [0.2, 0.25) is 0 Å². The molecule has 0 aliphatic heterocycles. The summed E-state index contributed by atoms with van der Waals surface area (Å²) in [6.45, 7) is 2.01. The third kappa shape index (κ3) is 2.07. The van der Waals surface area contributed by atoms with Crippen LogP contribution in [-0.4, -0.2) is 28.8 Å². The topological polar surface area (TPSA) is 48.7 Å². The lowest BCUT2D eigenvalue weighted by atomic mass is 10.2. The van der Waals surface area contributed by atoms with Crippen LogP contribution in [-0.2, 0) is 0 Å². The van der Waals surface area contributed by atoms with Gasteiger partial charge in [-0.25, -0.2) is 9.50 Å². The van der Waals surface area contributed by atoms with Crippen LogP contribution in [0.4, 0.5) is 0 Å². The van der Waals surface area contributed by atoms with E-state index >= 15 is 0 Å². The maximum absolute atomic E-state index is 5.27. The van der Waals surface area contributed by atoms with Crippen LogP contribution in [0.1, 0.15) is 5.56 Å². The number of methoxy groups -OCH3 is 2. The zero-order valence-electron chi connectivity index (χ0n) is 11.6. The molecule has 0 radical (unpaired) electrons. The second kappa shape index (κ2) is 4.85. The van der Waals surface area contributed by atoms with Crippen molar-refractivity contribution < 1.29 is 9.47 Å². The van der Waals surface area contributed by atoms with Gasteiger partial charge in [0.25, 0.3) is 0 Å². The summed E-state index contributed by atoms with van der Waals surface area (Å²) in [4.78, 5) is 4.57. The minimum Gasteiger partial charge on any atom is -0.497 e. The first-order chi connectivity index (χ1) is 9.71. The minimum atomic E-state index is 0.650. The van der Waals surface area contributed by atoms with Crippen molar-refractivity contribution in [1.82, 2.24) is 14.6 Å². The van der Waals surface area contributed by atoms with Gasteiger partial charge < -0.3 is 9.47 Å². The average molecular weight is 269 g/mol. The lowest BCUT2D eigenvalue weighted by Gasteiger charge is -2.05. The van der Waals surface area contributed by atoms with Crippen LogP contribution in [0.3, 0.4) is 0 Å². The van der Waals surface area contributed by atoms with Crippen molar-refractivity contribution in [1.29, 1.82) is 0 Å². The van der Waals surface area contributed by atoms with E-state index in [4.69, 9.17) is 9.47 Å².